The number of aromatic amines is 1. The van der Waals surface area contributed by atoms with Crippen molar-refractivity contribution >= 4 is 16.8 Å². The quantitative estimate of drug-likeness (QED) is 0.701. The van der Waals surface area contributed by atoms with Gasteiger partial charge < -0.3 is 5.32 Å². The van der Waals surface area contributed by atoms with Gasteiger partial charge in [0.05, 0.1) is 17.6 Å². The first kappa shape index (κ1) is 16.6. The molecule has 7 heteroatoms. The molecule has 0 saturated carbocycles. The first-order valence-electron chi connectivity index (χ1n) is 7.32. The third-order valence-electron chi connectivity index (χ3n) is 3.45. The van der Waals surface area contributed by atoms with Gasteiger partial charge in [-0.1, -0.05) is 36.1 Å². The molecule has 0 bridgehead atoms. The lowest BCUT2D eigenvalue weighted by atomic mass is 10.1. The van der Waals surface area contributed by atoms with E-state index in [1.807, 2.05) is 6.07 Å². The largest absolute Gasteiger partial charge is 0.416 e. The molecule has 1 aromatic heterocycles. The first-order valence-corrected chi connectivity index (χ1v) is 7.32. The van der Waals surface area contributed by atoms with Crippen LogP contribution in [0.4, 0.5) is 13.2 Å². The summed E-state index contributed by atoms with van der Waals surface area (Å²) in [5, 5.41) is 9.97. The molecular weight excluding hydrogens is 331 g/mol. The minimum absolute atomic E-state index is 0.00370. The van der Waals surface area contributed by atoms with Crippen molar-refractivity contribution < 1.29 is 18.0 Å². The minimum Gasteiger partial charge on any atom is -0.340 e. The topological polar surface area (TPSA) is 57.8 Å². The molecular formula is C18H12F3N3O. The lowest BCUT2D eigenvalue weighted by molar-refractivity contribution is -0.137. The molecule has 3 rings (SSSR count). The van der Waals surface area contributed by atoms with E-state index in [-0.39, 0.29) is 17.8 Å². The highest BCUT2D eigenvalue weighted by Crippen LogP contribution is 2.29. The van der Waals surface area contributed by atoms with Crippen molar-refractivity contribution in [1.82, 2.24) is 15.5 Å². The number of alkyl halides is 3. The van der Waals surface area contributed by atoms with Gasteiger partial charge in [0, 0.05) is 10.9 Å². The number of carbonyl (C=O) groups is 1. The van der Waals surface area contributed by atoms with E-state index in [2.05, 4.69) is 27.4 Å². The summed E-state index contributed by atoms with van der Waals surface area (Å²) in [7, 11) is 0. The highest BCUT2D eigenvalue weighted by atomic mass is 19.4. The van der Waals surface area contributed by atoms with E-state index in [1.165, 1.54) is 12.1 Å². The number of benzene rings is 2. The van der Waals surface area contributed by atoms with Crippen LogP contribution in [0.3, 0.4) is 0 Å². The summed E-state index contributed by atoms with van der Waals surface area (Å²) in [6.07, 6.45) is -4.41. The van der Waals surface area contributed by atoms with Crippen molar-refractivity contribution in [2.24, 2.45) is 0 Å². The Morgan fingerprint density at radius 1 is 1.16 bits per heavy atom. The predicted molar refractivity (Wildman–Crippen MR) is 86.7 cm³/mol. The third-order valence-corrected chi connectivity index (χ3v) is 3.45. The molecule has 0 saturated heterocycles. The summed E-state index contributed by atoms with van der Waals surface area (Å²) < 4.78 is 37.9. The SMILES string of the molecule is O=C(NCC#Cc1cccc(C(F)(F)F)c1)c1n[nH]c2ccccc12. The van der Waals surface area contributed by atoms with Crippen LogP contribution in [0, 0.1) is 11.8 Å². The third kappa shape index (κ3) is 3.80. The van der Waals surface area contributed by atoms with Crippen molar-refractivity contribution in [3.8, 4) is 11.8 Å². The molecule has 0 aliphatic carbocycles. The molecule has 0 atom stereocenters. The number of hydrogen-bond donors (Lipinski definition) is 2. The fourth-order valence-electron chi connectivity index (χ4n) is 2.26. The van der Waals surface area contributed by atoms with Crippen LogP contribution in [-0.2, 0) is 6.18 Å². The molecule has 0 unspecified atom stereocenters. The summed E-state index contributed by atoms with van der Waals surface area (Å²) in [4.78, 5) is 12.1. The number of amides is 1. The summed E-state index contributed by atoms with van der Waals surface area (Å²) in [5.41, 5.74) is 0.458. The van der Waals surface area contributed by atoms with Gasteiger partial charge in [-0.2, -0.15) is 18.3 Å². The van der Waals surface area contributed by atoms with Crippen LogP contribution in [0.5, 0.6) is 0 Å². The molecule has 0 spiro atoms. The zero-order valence-electron chi connectivity index (χ0n) is 12.8. The average Bonchev–Trinajstić information content (AvgIpc) is 3.02. The molecule has 0 aliphatic heterocycles. The van der Waals surface area contributed by atoms with E-state index in [0.717, 1.165) is 17.6 Å². The lowest BCUT2D eigenvalue weighted by Gasteiger charge is -2.05. The number of fused-ring (bicyclic) bond motifs is 1. The van der Waals surface area contributed by atoms with Gasteiger partial charge in [-0.3, -0.25) is 9.89 Å². The van der Waals surface area contributed by atoms with Crippen molar-refractivity contribution in [3.63, 3.8) is 0 Å². The van der Waals surface area contributed by atoms with Crippen molar-refractivity contribution in [2.75, 3.05) is 6.54 Å². The van der Waals surface area contributed by atoms with Crippen LogP contribution in [0.25, 0.3) is 10.9 Å². The maximum absolute atomic E-state index is 12.6. The maximum atomic E-state index is 12.6. The van der Waals surface area contributed by atoms with Crippen LogP contribution < -0.4 is 5.32 Å². The lowest BCUT2D eigenvalue weighted by Crippen LogP contribution is -2.24. The van der Waals surface area contributed by atoms with E-state index in [0.29, 0.717) is 5.39 Å². The van der Waals surface area contributed by atoms with Crippen LogP contribution in [0.1, 0.15) is 21.6 Å². The van der Waals surface area contributed by atoms with Crippen LogP contribution >= 0.6 is 0 Å². The van der Waals surface area contributed by atoms with Gasteiger partial charge in [0.2, 0.25) is 0 Å². The predicted octanol–water partition coefficient (Wildman–Crippen LogP) is 3.36. The Labute approximate surface area is 141 Å². The number of carbonyl (C=O) groups excluding carboxylic acids is 1. The fraction of sp³-hybridized carbons (Fsp3) is 0.111. The highest BCUT2D eigenvalue weighted by molar-refractivity contribution is 6.04. The highest BCUT2D eigenvalue weighted by Gasteiger charge is 2.30. The Balaban J connectivity index is 1.66. The summed E-state index contributed by atoms with van der Waals surface area (Å²) >= 11 is 0. The Kier molecular flexibility index (Phi) is 4.44. The van der Waals surface area contributed by atoms with Crippen molar-refractivity contribution in [3.05, 3.63) is 65.4 Å². The molecule has 2 N–H and O–H groups in total. The van der Waals surface area contributed by atoms with E-state index in [1.54, 1.807) is 18.2 Å². The number of aromatic nitrogens is 2. The number of H-pyrrole nitrogens is 1. The number of rotatable bonds is 2. The second kappa shape index (κ2) is 6.69. The molecule has 0 radical (unpaired) electrons. The Morgan fingerprint density at radius 3 is 2.76 bits per heavy atom. The zero-order chi connectivity index (χ0) is 17.9. The van der Waals surface area contributed by atoms with E-state index < -0.39 is 17.6 Å². The van der Waals surface area contributed by atoms with Gasteiger partial charge in [0.15, 0.2) is 5.69 Å². The van der Waals surface area contributed by atoms with Crippen LogP contribution in [0.2, 0.25) is 0 Å². The Hall–Kier alpha value is -3.27. The van der Waals surface area contributed by atoms with Crippen LogP contribution in [-0.4, -0.2) is 22.6 Å². The Bertz CT molecular complexity index is 980. The molecule has 3 aromatic rings. The van der Waals surface area contributed by atoms with Gasteiger partial charge in [0.25, 0.3) is 5.91 Å². The number of nitrogens with zero attached hydrogens (tertiary/aromatic N) is 1. The smallest absolute Gasteiger partial charge is 0.340 e. The number of hydrogen-bond acceptors (Lipinski definition) is 2. The zero-order valence-corrected chi connectivity index (χ0v) is 12.8. The summed E-state index contributed by atoms with van der Waals surface area (Å²) in [5.74, 6) is 4.83. The van der Waals surface area contributed by atoms with E-state index in [4.69, 9.17) is 0 Å². The molecule has 25 heavy (non-hydrogen) atoms. The van der Waals surface area contributed by atoms with Gasteiger partial charge >= 0.3 is 6.18 Å². The van der Waals surface area contributed by atoms with Gasteiger partial charge in [-0.25, -0.2) is 0 Å². The monoisotopic (exact) mass is 343 g/mol. The summed E-state index contributed by atoms with van der Waals surface area (Å²) in [6.45, 7) is -0.00370. The average molecular weight is 343 g/mol. The molecule has 2 aromatic carbocycles. The normalized spacial score (nSPS) is 11.0. The van der Waals surface area contributed by atoms with Crippen LogP contribution in [0.15, 0.2) is 48.5 Å². The van der Waals surface area contributed by atoms with Gasteiger partial charge in [0.1, 0.15) is 0 Å². The molecule has 4 nitrogen and oxygen atoms in total. The van der Waals surface area contributed by atoms with Gasteiger partial charge in [-0.05, 0) is 24.3 Å². The minimum atomic E-state index is -4.41. The first-order chi connectivity index (χ1) is 11.9. The molecule has 1 heterocycles. The van der Waals surface area contributed by atoms with Gasteiger partial charge in [-0.15, -0.1) is 0 Å². The molecule has 0 fully saturated rings. The molecule has 1 amide bonds. The molecule has 0 aliphatic rings. The second-order valence-electron chi connectivity index (χ2n) is 5.18. The number of nitrogens with one attached hydrogen (secondary N) is 2. The second-order valence-corrected chi connectivity index (χ2v) is 5.18. The number of para-hydroxylation sites is 1. The fourth-order valence-corrected chi connectivity index (χ4v) is 2.26. The van der Waals surface area contributed by atoms with E-state index in [9.17, 15) is 18.0 Å². The Morgan fingerprint density at radius 2 is 1.96 bits per heavy atom. The van der Waals surface area contributed by atoms with E-state index >= 15 is 0 Å². The maximum Gasteiger partial charge on any atom is 0.416 e. The summed E-state index contributed by atoms with van der Waals surface area (Å²) in [6, 6.07) is 11.9. The number of halogens is 3. The standard InChI is InChI=1S/C18H12F3N3O/c19-18(20,21)13-7-3-5-12(11-13)6-4-10-22-17(25)16-14-8-1-2-9-15(14)23-24-16/h1-3,5,7-9,11H,10H2,(H,22,25)(H,23,24). The molecule has 126 valence electrons. The van der Waals surface area contributed by atoms with Crippen molar-refractivity contribution in [1.29, 1.82) is 0 Å². The van der Waals surface area contributed by atoms with Crippen molar-refractivity contribution in [2.45, 2.75) is 6.18 Å².